The van der Waals surface area contributed by atoms with Crippen LogP contribution in [0.2, 0.25) is 0 Å². The highest BCUT2D eigenvalue weighted by atomic mass is 19.1. The Bertz CT molecular complexity index is 281. The Labute approximate surface area is 90.5 Å². The number of allylic oxidation sites excluding steroid dienone is 4. The molecule has 0 spiro atoms. The zero-order chi connectivity index (χ0) is 11.1. The molecule has 0 aromatic carbocycles. The Morgan fingerprint density at radius 2 is 2.33 bits per heavy atom. The molecule has 1 aliphatic rings. The molecular formula is C12H18FNO. The summed E-state index contributed by atoms with van der Waals surface area (Å²) in [6, 6.07) is 0. The minimum atomic E-state index is -0.0423. The Morgan fingerprint density at radius 3 is 2.93 bits per heavy atom. The summed E-state index contributed by atoms with van der Waals surface area (Å²) in [4.78, 5) is 0. The number of hydrogen-bond donors (Lipinski definition) is 1. The number of hydrogen-bond acceptors (Lipinski definition) is 2. The average Bonchev–Trinajstić information content (AvgIpc) is 2.21. The topological polar surface area (TPSA) is 21.3 Å². The molecule has 0 saturated carbocycles. The standard InChI is InChI=1S/C12H18FNO/c1-3-15-10(2)8-9-14-12-6-4-11(13)5-7-12/h4,6,14H,2-3,5,7-9H2,1H3. The van der Waals surface area contributed by atoms with Crippen LogP contribution < -0.4 is 5.32 Å². The van der Waals surface area contributed by atoms with Gasteiger partial charge in [-0.05, 0) is 25.5 Å². The van der Waals surface area contributed by atoms with Crippen LogP contribution in [0, 0.1) is 0 Å². The maximum atomic E-state index is 12.7. The molecule has 1 aliphatic carbocycles. The van der Waals surface area contributed by atoms with Gasteiger partial charge in [0.2, 0.25) is 0 Å². The van der Waals surface area contributed by atoms with Crippen LogP contribution in [0.5, 0.6) is 0 Å². The zero-order valence-corrected chi connectivity index (χ0v) is 9.18. The molecule has 15 heavy (non-hydrogen) atoms. The van der Waals surface area contributed by atoms with Gasteiger partial charge in [0, 0.05) is 25.1 Å². The van der Waals surface area contributed by atoms with Crippen molar-refractivity contribution in [3.8, 4) is 0 Å². The summed E-state index contributed by atoms with van der Waals surface area (Å²) in [5.74, 6) is 0.752. The van der Waals surface area contributed by atoms with E-state index in [-0.39, 0.29) is 5.83 Å². The van der Waals surface area contributed by atoms with Crippen LogP contribution in [0.4, 0.5) is 4.39 Å². The molecule has 0 fully saturated rings. The molecule has 2 nitrogen and oxygen atoms in total. The van der Waals surface area contributed by atoms with Gasteiger partial charge in [-0.1, -0.05) is 6.58 Å². The highest BCUT2D eigenvalue weighted by Crippen LogP contribution is 2.17. The Kier molecular flexibility index (Phi) is 4.95. The molecule has 1 N–H and O–H groups in total. The van der Waals surface area contributed by atoms with E-state index >= 15 is 0 Å². The Hall–Kier alpha value is -1.25. The number of ether oxygens (including phenoxy) is 1. The summed E-state index contributed by atoms with van der Waals surface area (Å²) in [6.45, 7) is 7.18. The van der Waals surface area contributed by atoms with Crippen LogP contribution in [-0.2, 0) is 4.74 Å². The summed E-state index contributed by atoms with van der Waals surface area (Å²) in [6.07, 6.45) is 5.36. The van der Waals surface area contributed by atoms with Gasteiger partial charge in [0.25, 0.3) is 0 Å². The summed E-state index contributed by atoms with van der Waals surface area (Å²) in [7, 11) is 0. The fourth-order valence-corrected chi connectivity index (χ4v) is 1.40. The quantitative estimate of drug-likeness (QED) is 0.682. The first-order valence-corrected chi connectivity index (χ1v) is 5.32. The first-order chi connectivity index (χ1) is 7.22. The summed E-state index contributed by atoms with van der Waals surface area (Å²) < 4.78 is 17.9. The third-order valence-electron chi connectivity index (χ3n) is 2.20. The van der Waals surface area contributed by atoms with Crippen molar-refractivity contribution in [1.29, 1.82) is 0 Å². The molecule has 0 unspecified atom stereocenters. The second-order valence-electron chi connectivity index (χ2n) is 3.45. The van der Waals surface area contributed by atoms with Gasteiger partial charge in [0.05, 0.1) is 12.4 Å². The van der Waals surface area contributed by atoms with Crippen molar-refractivity contribution < 1.29 is 9.13 Å². The van der Waals surface area contributed by atoms with E-state index < -0.39 is 0 Å². The van der Waals surface area contributed by atoms with Crippen LogP contribution in [0.1, 0.15) is 26.2 Å². The van der Waals surface area contributed by atoms with Gasteiger partial charge in [-0.2, -0.15) is 0 Å². The SMILES string of the molecule is C=C(CCNC1=CC=C(F)CC1)OCC. The Morgan fingerprint density at radius 1 is 1.53 bits per heavy atom. The number of rotatable bonds is 6. The van der Waals surface area contributed by atoms with Gasteiger partial charge >= 0.3 is 0 Å². The molecular weight excluding hydrogens is 193 g/mol. The zero-order valence-electron chi connectivity index (χ0n) is 9.18. The molecule has 0 aromatic heterocycles. The van der Waals surface area contributed by atoms with Gasteiger partial charge in [-0.3, -0.25) is 0 Å². The summed E-state index contributed by atoms with van der Waals surface area (Å²) in [5, 5.41) is 3.24. The average molecular weight is 211 g/mol. The summed E-state index contributed by atoms with van der Waals surface area (Å²) >= 11 is 0. The highest BCUT2D eigenvalue weighted by Gasteiger charge is 2.04. The molecule has 0 atom stereocenters. The molecule has 0 bridgehead atoms. The molecule has 0 saturated heterocycles. The monoisotopic (exact) mass is 211 g/mol. The largest absolute Gasteiger partial charge is 0.499 e. The normalized spacial score (nSPS) is 15.3. The van der Waals surface area contributed by atoms with Crippen LogP contribution >= 0.6 is 0 Å². The van der Waals surface area contributed by atoms with Gasteiger partial charge in [-0.25, -0.2) is 4.39 Å². The lowest BCUT2D eigenvalue weighted by atomic mass is 10.1. The van der Waals surface area contributed by atoms with Crippen molar-refractivity contribution >= 4 is 0 Å². The molecule has 3 heteroatoms. The minimum absolute atomic E-state index is 0.0423. The van der Waals surface area contributed by atoms with Gasteiger partial charge < -0.3 is 10.1 Å². The van der Waals surface area contributed by atoms with Crippen molar-refractivity contribution in [3.05, 3.63) is 36.0 Å². The molecule has 1 rings (SSSR count). The van der Waals surface area contributed by atoms with Gasteiger partial charge in [-0.15, -0.1) is 0 Å². The van der Waals surface area contributed by atoms with Gasteiger partial charge in [0.1, 0.15) is 5.83 Å². The van der Waals surface area contributed by atoms with E-state index in [2.05, 4.69) is 11.9 Å². The van der Waals surface area contributed by atoms with Crippen LogP contribution in [-0.4, -0.2) is 13.2 Å². The van der Waals surface area contributed by atoms with Crippen molar-refractivity contribution in [2.75, 3.05) is 13.2 Å². The van der Waals surface area contributed by atoms with E-state index in [1.165, 1.54) is 6.08 Å². The van der Waals surface area contributed by atoms with E-state index in [0.29, 0.717) is 13.0 Å². The van der Waals surface area contributed by atoms with Crippen molar-refractivity contribution in [3.63, 3.8) is 0 Å². The van der Waals surface area contributed by atoms with Crippen LogP contribution in [0.25, 0.3) is 0 Å². The first-order valence-electron chi connectivity index (χ1n) is 5.32. The van der Waals surface area contributed by atoms with Crippen molar-refractivity contribution in [2.45, 2.75) is 26.2 Å². The molecule has 0 heterocycles. The molecule has 0 amide bonds. The summed E-state index contributed by atoms with van der Waals surface area (Å²) in [5.41, 5.74) is 1.08. The molecule has 0 aromatic rings. The van der Waals surface area contributed by atoms with Crippen LogP contribution in [0.3, 0.4) is 0 Å². The fourth-order valence-electron chi connectivity index (χ4n) is 1.40. The van der Waals surface area contributed by atoms with E-state index in [4.69, 9.17) is 4.74 Å². The third kappa shape index (κ3) is 4.68. The maximum absolute atomic E-state index is 12.7. The van der Waals surface area contributed by atoms with E-state index in [9.17, 15) is 4.39 Å². The van der Waals surface area contributed by atoms with E-state index in [1.54, 1.807) is 6.08 Å². The maximum Gasteiger partial charge on any atom is 0.100 e. The van der Waals surface area contributed by atoms with Crippen LogP contribution in [0.15, 0.2) is 36.0 Å². The lowest BCUT2D eigenvalue weighted by molar-refractivity contribution is 0.220. The lowest BCUT2D eigenvalue weighted by Crippen LogP contribution is -2.16. The molecule has 0 aliphatic heterocycles. The number of nitrogens with one attached hydrogen (secondary N) is 1. The third-order valence-corrected chi connectivity index (χ3v) is 2.20. The van der Waals surface area contributed by atoms with Gasteiger partial charge in [0.15, 0.2) is 0 Å². The first kappa shape index (κ1) is 11.8. The molecule has 0 radical (unpaired) electrons. The minimum Gasteiger partial charge on any atom is -0.499 e. The number of halogens is 1. The van der Waals surface area contributed by atoms with E-state index in [1.807, 2.05) is 6.92 Å². The second-order valence-corrected chi connectivity index (χ2v) is 3.45. The smallest absolute Gasteiger partial charge is 0.100 e. The predicted molar refractivity (Wildman–Crippen MR) is 59.9 cm³/mol. The second kappa shape index (κ2) is 6.27. The molecule has 84 valence electrons. The lowest BCUT2D eigenvalue weighted by Gasteiger charge is -2.13. The van der Waals surface area contributed by atoms with E-state index in [0.717, 1.165) is 30.8 Å². The van der Waals surface area contributed by atoms with Crippen molar-refractivity contribution in [1.82, 2.24) is 5.32 Å². The van der Waals surface area contributed by atoms with Crippen molar-refractivity contribution in [2.24, 2.45) is 0 Å². The highest BCUT2D eigenvalue weighted by molar-refractivity contribution is 5.19. The fraction of sp³-hybridized carbons (Fsp3) is 0.500. The Balaban J connectivity index is 2.18. The predicted octanol–water partition coefficient (Wildman–Crippen LogP) is 3.05.